The third-order valence-corrected chi connectivity index (χ3v) is 5.76. The number of pyridine rings is 1. The fourth-order valence-electron chi connectivity index (χ4n) is 3.77. The number of fused-ring (bicyclic) bond motifs is 1. The van der Waals surface area contributed by atoms with Crippen LogP contribution in [0.3, 0.4) is 0 Å². The minimum atomic E-state index is -1.20. The first-order chi connectivity index (χ1) is 14.9. The van der Waals surface area contributed by atoms with Crippen molar-refractivity contribution in [3.8, 4) is 0 Å². The summed E-state index contributed by atoms with van der Waals surface area (Å²) in [4.78, 5) is 47.6. The standard InChI is InChI=1S/C19H18N6O5S/c1-30-23-13(10-9-31-19(20)21-10)16(26)22-14-11-5-6-12(24-7-3-2-4-8-24)15(18(28)29)25(11)17(14)27/h2-4,7-9,11,14H,5-6H2,1H3,(H3-,20,21,22,26,28,29)/p+1/t11?,14-/m0/s1. The van der Waals surface area contributed by atoms with E-state index in [1.165, 1.54) is 12.0 Å². The first-order valence-electron chi connectivity index (χ1n) is 9.32. The number of β-lactam (4-membered cyclic amide) rings is 1. The summed E-state index contributed by atoms with van der Waals surface area (Å²) in [6.07, 6.45) is 4.38. The topological polar surface area (TPSA) is 151 Å². The molecule has 160 valence electrons. The molecule has 2 aromatic heterocycles. The summed E-state index contributed by atoms with van der Waals surface area (Å²) in [6.45, 7) is 0. The highest BCUT2D eigenvalue weighted by Crippen LogP contribution is 2.36. The molecule has 4 N–H and O–H groups in total. The van der Waals surface area contributed by atoms with Crippen LogP contribution in [-0.2, 0) is 19.2 Å². The van der Waals surface area contributed by atoms with Gasteiger partial charge in [-0.1, -0.05) is 11.2 Å². The zero-order chi connectivity index (χ0) is 22.1. The van der Waals surface area contributed by atoms with Crippen LogP contribution in [0, 0.1) is 0 Å². The maximum atomic E-state index is 12.8. The number of nitrogen functional groups attached to an aromatic ring is 1. The number of nitrogens with zero attached hydrogens (tertiary/aromatic N) is 4. The molecule has 1 unspecified atom stereocenters. The number of carbonyl (C=O) groups excluding carboxylic acids is 2. The van der Waals surface area contributed by atoms with Gasteiger partial charge in [-0.3, -0.25) is 14.5 Å². The van der Waals surface area contributed by atoms with Crippen molar-refractivity contribution in [1.29, 1.82) is 0 Å². The number of thiazole rings is 1. The normalized spacial score (nSPS) is 20.7. The van der Waals surface area contributed by atoms with Crippen molar-refractivity contribution in [3.05, 3.63) is 47.4 Å². The highest BCUT2D eigenvalue weighted by atomic mass is 32.1. The molecule has 0 aromatic carbocycles. The van der Waals surface area contributed by atoms with E-state index in [9.17, 15) is 19.5 Å². The number of carboxylic acid groups (broad SMARTS) is 1. The molecule has 4 heterocycles. The number of hydrogen-bond donors (Lipinski definition) is 3. The monoisotopic (exact) mass is 443 g/mol. The number of aromatic nitrogens is 2. The van der Waals surface area contributed by atoms with E-state index >= 15 is 0 Å². The van der Waals surface area contributed by atoms with Gasteiger partial charge in [-0.05, 0) is 6.42 Å². The minimum Gasteiger partial charge on any atom is -0.476 e. The SMILES string of the molecule is CON=C(C(=O)N[C@@H]1C(=O)N2C(C(=O)O)=C([n+]3ccccc3)CCC12)c1csc(N)n1. The van der Waals surface area contributed by atoms with Gasteiger partial charge in [0.15, 0.2) is 28.9 Å². The summed E-state index contributed by atoms with van der Waals surface area (Å²) in [7, 11) is 1.28. The average molecular weight is 443 g/mol. The summed E-state index contributed by atoms with van der Waals surface area (Å²) in [5.74, 6) is -2.36. The minimum absolute atomic E-state index is 0.0824. The maximum Gasteiger partial charge on any atom is 0.359 e. The van der Waals surface area contributed by atoms with E-state index in [0.29, 0.717) is 18.5 Å². The second-order valence-electron chi connectivity index (χ2n) is 6.84. The molecule has 2 aromatic rings. The number of hydrogen-bond acceptors (Lipinski definition) is 8. The van der Waals surface area contributed by atoms with Crippen LogP contribution in [0.15, 0.2) is 46.8 Å². The lowest BCUT2D eigenvalue weighted by atomic mass is 9.85. The Morgan fingerprint density at radius 1 is 1.39 bits per heavy atom. The second-order valence-corrected chi connectivity index (χ2v) is 7.73. The number of rotatable bonds is 6. The van der Waals surface area contributed by atoms with Gasteiger partial charge in [-0.25, -0.2) is 9.78 Å². The molecule has 2 aliphatic rings. The fraction of sp³-hybridized carbons (Fsp3) is 0.263. The number of oxime groups is 1. The van der Waals surface area contributed by atoms with Gasteiger partial charge in [0.05, 0.1) is 6.04 Å². The lowest BCUT2D eigenvalue weighted by molar-refractivity contribution is -0.585. The van der Waals surface area contributed by atoms with Crippen LogP contribution < -0.4 is 15.6 Å². The summed E-state index contributed by atoms with van der Waals surface area (Å²) in [6, 6.07) is 4.03. The third kappa shape index (κ3) is 3.61. The van der Waals surface area contributed by atoms with E-state index in [0.717, 1.165) is 11.3 Å². The van der Waals surface area contributed by atoms with Crippen LogP contribution in [0.25, 0.3) is 5.70 Å². The summed E-state index contributed by atoms with van der Waals surface area (Å²) < 4.78 is 1.69. The van der Waals surface area contributed by atoms with Gasteiger partial charge in [-0.15, -0.1) is 11.3 Å². The van der Waals surface area contributed by atoms with Crippen LogP contribution in [0.5, 0.6) is 0 Å². The quantitative estimate of drug-likeness (QED) is 0.242. The molecular formula is C19H19N6O5S+. The molecule has 1 saturated heterocycles. The van der Waals surface area contributed by atoms with E-state index < -0.39 is 29.9 Å². The van der Waals surface area contributed by atoms with E-state index in [2.05, 4.69) is 15.5 Å². The van der Waals surface area contributed by atoms with Crippen LogP contribution in [-0.4, -0.2) is 57.7 Å². The molecule has 0 saturated carbocycles. The Balaban J connectivity index is 1.57. The Labute approximate surface area is 180 Å². The number of nitrogens with two attached hydrogens (primary N) is 1. The van der Waals surface area contributed by atoms with Crippen molar-refractivity contribution in [3.63, 3.8) is 0 Å². The van der Waals surface area contributed by atoms with Gasteiger partial charge < -0.3 is 21.0 Å². The predicted molar refractivity (Wildman–Crippen MR) is 109 cm³/mol. The largest absolute Gasteiger partial charge is 0.476 e. The molecule has 0 spiro atoms. The highest BCUT2D eigenvalue weighted by Gasteiger charge is 2.55. The Hall–Kier alpha value is -3.80. The summed E-state index contributed by atoms with van der Waals surface area (Å²) in [5.41, 5.74) is 6.16. The van der Waals surface area contributed by atoms with Crippen molar-refractivity contribution in [2.45, 2.75) is 24.9 Å². The van der Waals surface area contributed by atoms with Gasteiger partial charge in [0.25, 0.3) is 11.8 Å². The van der Waals surface area contributed by atoms with Gasteiger partial charge >= 0.3 is 5.97 Å². The van der Waals surface area contributed by atoms with Gasteiger partial charge in [0.2, 0.25) is 5.70 Å². The second kappa shape index (κ2) is 8.14. The highest BCUT2D eigenvalue weighted by molar-refractivity contribution is 7.13. The Bertz CT molecular complexity index is 1110. The lowest BCUT2D eigenvalue weighted by Crippen LogP contribution is -2.72. The Kier molecular flexibility index (Phi) is 5.38. The molecule has 0 aliphatic carbocycles. The van der Waals surface area contributed by atoms with Gasteiger partial charge in [0, 0.05) is 23.9 Å². The van der Waals surface area contributed by atoms with Crippen molar-refractivity contribution < 1.29 is 28.9 Å². The third-order valence-electron chi connectivity index (χ3n) is 5.09. The first-order valence-corrected chi connectivity index (χ1v) is 10.2. The smallest absolute Gasteiger partial charge is 0.359 e. The van der Waals surface area contributed by atoms with E-state index in [1.807, 2.05) is 6.07 Å². The predicted octanol–water partition coefficient (Wildman–Crippen LogP) is -0.194. The molecule has 0 radical (unpaired) electrons. The Morgan fingerprint density at radius 3 is 2.74 bits per heavy atom. The maximum absolute atomic E-state index is 12.8. The number of nitrogens with one attached hydrogen (secondary N) is 1. The number of aliphatic carboxylic acids is 1. The fourth-order valence-corrected chi connectivity index (χ4v) is 4.32. The molecule has 12 heteroatoms. The van der Waals surface area contributed by atoms with Gasteiger partial charge in [-0.2, -0.15) is 4.57 Å². The molecule has 2 atom stereocenters. The van der Waals surface area contributed by atoms with E-state index in [1.54, 1.807) is 34.5 Å². The van der Waals surface area contributed by atoms with E-state index in [-0.39, 0.29) is 22.2 Å². The van der Waals surface area contributed by atoms with Crippen LogP contribution in [0.2, 0.25) is 0 Å². The molecule has 0 bridgehead atoms. The average Bonchev–Trinajstić information content (AvgIpc) is 3.20. The summed E-state index contributed by atoms with van der Waals surface area (Å²) in [5, 5.41) is 17.9. The molecular weight excluding hydrogens is 424 g/mol. The number of amides is 2. The zero-order valence-electron chi connectivity index (χ0n) is 16.4. The van der Waals surface area contributed by atoms with Crippen LogP contribution in [0.4, 0.5) is 5.13 Å². The zero-order valence-corrected chi connectivity index (χ0v) is 17.2. The first kappa shape index (κ1) is 20.5. The van der Waals surface area contributed by atoms with Crippen LogP contribution in [0.1, 0.15) is 18.5 Å². The summed E-state index contributed by atoms with van der Waals surface area (Å²) >= 11 is 1.14. The molecule has 2 amide bonds. The number of carbonyl (C=O) groups is 3. The number of anilines is 1. The van der Waals surface area contributed by atoms with Crippen molar-refractivity contribution in [2.75, 3.05) is 12.8 Å². The van der Waals surface area contributed by atoms with Gasteiger partial charge in [0.1, 0.15) is 18.8 Å². The Morgan fingerprint density at radius 2 is 2.13 bits per heavy atom. The molecule has 4 rings (SSSR count). The molecule has 31 heavy (non-hydrogen) atoms. The van der Waals surface area contributed by atoms with Crippen molar-refractivity contribution in [1.82, 2.24) is 15.2 Å². The van der Waals surface area contributed by atoms with E-state index in [4.69, 9.17) is 10.6 Å². The molecule has 2 aliphatic heterocycles. The molecule has 1 fully saturated rings. The molecule has 11 nitrogen and oxygen atoms in total. The number of carboxylic acids is 1. The number of allylic oxidation sites excluding steroid dienone is 1. The van der Waals surface area contributed by atoms with Crippen molar-refractivity contribution in [2.24, 2.45) is 5.16 Å². The van der Waals surface area contributed by atoms with Crippen LogP contribution >= 0.6 is 11.3 Å². The van der Waals surface area contributed by atoms with Crippen molar-refractivity contribution >= 4 is 45.7 Å². The lowest BCUT2D eigenvalue weighted by Gasteiger charge is -2.48.